The van der Waals surface area contributed by atoms with Gasteiger partial charge in [0, 0.05) is 42.9 Å². The number of anilines is 1. The van der Waals surface area contributed by atoms with E-state index in [1.807, 2.05) is 49.5 Å². The number of unbranched alkanes of at least 4 members (excludes halogenated alkanes) is 2. The molecular formula is C27H32N4O2. The minimum atomic E-state index is -0.132. The zero-order chi connectivity index (χ0) is 23.0. The van der Waals surface area contributed by atoms with Crippen molar-refractivity contribution < 1.29 is 9.59 Å². The zero-order valence-corrected chi connectivity index (χ0v) is 19.2. The molecule has 4 rings (SSSR count). The summed E-state index contributed by atoms with van der Waals surface area (Å²) in [7, 11) is 1.86. The van der Waals surface area contributed by atoms with Gasteiger partial charge < -0.3 is 10.2 Å². The van der Waals surface area contributed by atoms with Gasteiger partial charge >= 0.3 is 0 Å². The maximum atomic E-state index is 12.5. The number of fused-ring (bicyclic) bond motifs is 1. The van der Waals surface area contributed by atoms with Gasteiger partial charge in [0.25, 0.3) is 0 Å². The van der Waals surface area contributed by atoms with E-state index in [2.05, 4.69) is 33.7 Å². The third kappa shape index (κ3) is 6.09. The van der Waals surface area contributed by atoms with Crippen molar-refractivity contribution in [1.82, 2.24) is 15.1 Å². The monoisotopic (exact) mass is 444 g/mol. The standard InChI is InChI=1S/C27H32N4O2/c1-31(26(32)16-15-22-18-21-12-7-8-14-24(21)28-27(22)33)17-9-3-6-13-23-19-25(30-29-23)20-10-4-2-5-11-20/h2,4-5,7-8,10-12,14,19,22H,3,6,9,13,15-18H2,1H3,(H,28,33)(H,29,30). The molecule has 0 bridgehead atoms. The van der Waals surface area contributed by atoms with Crippen LogP contribution in [0.15, 0.2) is 60.7 Å². The highest BCUT2D eigenvalue weighted by atomic mass is 16.2. The Hall–Kier alpha value is -3.41. The molecule has 2 aromatic carbocycles. The molecule has 6 heteroatoms. The highest BCUT2D eigenvalue weighted by Gasteiger charge is 2.26. The molecule has 0 aliphatic carbocycles. The smallest absolute Gasteiger partial charge is 0.227 e. The second kappa shape index (κ2) is 10.9. The molecular weight excluding hydrogens is 412 g/mol. The van der Waals surface area contributed by atoms with Crippen molar-refractivity contribution in [1.29, 1.82) is 0 Å². The molecule has 172 valence electrons. The maximum absolute atomic E-state index is 12.5. The molecule has 0 spiro atoms. The average molecular weight is 445 g/mol. The lowest BCUT2D eigenvalue weighted by Gasteiger charge is -2.25. The number of benzene rings is 2. The van der Waals surface area contributed by atoms with Crippen molar-refractivity contribution in [3.8, 4) is 11.3 Å². The number of nitrogens with one attached hydrogen (secondary N) is 2. The van der Waals surface area contributed by atoms with Crippen LogP contribution in [0.25, 0.3) is 11.3 Å². The van der Waals surface area contributed by atoms with Crippen LogP contribution in [-0.2, 0) is 22.4 Å². The molecule has 3 aromatic rings. The van der Waals surface area contributed by atoms with Gasteiger partial charge in [-0.2, -0.15) is 5.10 Å². The summed E-state index contributed by atoms with van der Waals surface area (Å²) in [6, 6.07) is 20.2. The number of aromatic amines is 1. The number of hydrogen-bond donors (Lipinski definition) is 2. The van der Waals surface area contributed by atoms with Crippen LogP contribution in [0.2, 0.25) is 0 Å². The third-order valence-corrected chi connectivity index (χ3v) is 6.38. The fourth-order valence-electron chi connectivity index (χ4n) is 4.35. The van der Waals surface area contributed by atoms with E-state index in [1.54, 1.807) is 4.90 Å². The van der Waals surface area contributed by atoms with E-state index in [0.29, 0.717) is 19.3 Å². The minimum absolute atomic E-state index is 0.0263. The molecule has 0 fully saturated rings. The first-order chi connectivity index (χ1) is 16.1. The first kappa shape index (κ1) is 22.8. The molecule has 2 amide bonds. The normalized spacial score (nSPS) is 15.1. The first-order valence-electron chi connectivity index (χ1n) is 11.8. The Balaban J connectivity index is 1.13. The molecule has 33 heavy (non-hydrogen) atoms. The minimum Gasteiger partial charge on any atom is -0.346 e. The Kier molecular flexibility index (Phi) is 7.55. The van der Waals surface area contributed by atoms with Crippen LogP contribution in [-0.4, -0.2) is 40.5 Å². The van der Waals surface area contributed by atoms with Crippen molar-refractivity contribution in [3.63, 3.8) is 0 Å². The van der Waals surface area contributed by atoms with E-state index in [0.717, 1.165) is 60.4 Å². The van der Waals surface area contributed by atoms with E-state index < -0.39 is 0 Å². The summed E-state index contributed by atoms with van der Waals surface area (Å²) < 4.78 is 0. The van der Waals surface area contributed by atoms with E-state index in [1.165, 1.54) is 0 Å². The van der Waals surface area contributed by atoms with E-state index in [4.69, 9.17) is 0 Å². The number of para-hydroxylation sites is 1. The molecule has 1 aliphatic rings. The number of aromatic nitrogens is 2. The van der Waals surface area contributed by atoms with Gasteiger partial charge in [-0.15, -0.1) is 0 Å². The maximum Gasteiger partial charge on any atom is 0.227 e. The molecule has 0 saturated carbocycles. The van der Waals surface area contributed by atoms with Crippen LogP contribution in [0.5, 0.6) is 0 Å². The van der Waals surface area contributed by atoms with E-state index in [9.17, 15) is 9.59 Å². The third-order valence-electron chi connectivity index (χ3n) is 6.38. The highest BCUT2D eigenvalue weighted by molar-refractivity contribution is 5.96. The fraction of sp³-hybridized carbons (Fsp3) is 0.370. The van der Waals surface area contributed by atoms with Crippen molar-refractivity contribution in [3.05, 3.63) is 71.9 Å². The van der Waals surface area contributed by atoms with Crippen molar-refractivity contribution >= 4 is 17.5 Å². The van der Waals surface area contributed by atoms with Crippen LogP contribution < -0.4 is 5.32 Å². The van der Waals surface area contributed by atoms with Gasteiger partial charge in [0.15, 0.2) is 0 Å². The lowest BCUT2D eigenvalue weighted by molar-refractivity contribution is -0.130. The predicted octanol–water partition coefficient (Wildman–Crippen LogP) is 4.84. The number of nitrogens with zero attached hydrogens (tertiary/aromatic N) is 2. The summed E-state index contributed by atoms with van der Waals surface area (Å²) in [5, 5.41) is 10.5. The molecule has 0 saturated heterocycles. The summed E-state index contributed by atoms with van der Waals surface area (Å²) in [6.07, 6.45) is 5.74. The molecule has 2 heterocycles. The number of carbonyl (C=O) groups excluding carboxylic acids is 2. The van der Waals surface area contributed by atoms with Crippen LogP contribution in [0, 0.1) is 5.92 Å². The second-order valence-electron chi connectivity index (χ2n) is 8.86. The summed E-state index contributed by atoms with van der Waals surface area (Å²) >= 11 is 0. The van der Waals surface area contributed by atoms with Crippen molar-refractivity contribution in [2.75, 3.05) is 18.9 Å². The summed E-state index contributed by atoms with van der Waals surface area (Å²) in [5.74, 6) is 0.00791. The SMILES string of the molecule is CN(CCCCCc1cc(-c2ccccc2)n[nH]1)C(=O)CCC1Cc2ccccc2NC1=O. The molecule has 6 nitrogen and oxygen atoms in total. The molecule has 1 aromatic heterocycles. The van der Waals surface area contributed by atoms with Gasteiger partial charge in [0.05, 0.1) is 5.69 Å². The first-order valence-corrected chi connectivity index (χ1v) is 11.8. The quantitative estimate of drug-likeness (QED) is 0.439. The second-order valence-corrected chi connectivity index (χ2v) is 8.86. The van der Waals surface area contributed by atoms with Gasteiger partial charge in [-0.3, -0.25) is 14.7 Å². The Labute approximate surface area is 195 Å². The molecule has 1 unspecified atom stereocenters. The highest BCUT2D eigenvalue weighted by Crippen LogP contribution is 2.27. The number of amides is 2. The number of H-pyrrole nitrogens is 1. The van der Waals surface area contributed by atoms with Crippen LogP contribution in [0.3, 0.4) is 0 Å². The summed E-state index contributed by atoms with van der Waals surface area (Å²) in [5.41, 5.74) is 5.29. The fourth-order valence-corrected chi connectivity index (χ4v) is 4.35. The molecule has 2 N–H and O–H groups in total. The van der Waals surface area contributed by atoms with Crippen LogP contribution >= 0.6 is 0 Å². The lowest BCUT2D eigenvalue weighted by atomic mass is 9.89. The van der Waals surface area contributed by atoms with Gasteiger partial charge in [0.2, 0.25) is 11.8 Å². The van der Waals surface area contributed by atoms with Gasteiger partial charge in [0.1, 0.15) is 0 Å². The largest absolute Gasteiger partial charge is 0.346 e. The average Bonchev–Trinajstić information content (AvgIpc) is 3.31. The van der Waals surface area contributed by atoms with Gasteiger partial charge in [-0.1, -0.05) is 55.0 Å². The Morgan fingerprint density at radius 2 is 1.85 bits per heavy atom. The number of carbonyl (C=O) groups is 2. The Morgan fingerprint density at radius 3 is 2.70 bits per heavy atom. The number of aryl methyl sites for hydroxylation is 1. The number of rotatable bonds is 10. The lowest BCUT2D eigenvalue weighted by Crippen LogP contribution is -2.32. The Bertz CT molecular complexity index is 1080. The van der Waals surface area contributed by atoms with Crippen LogP contribution in [0.1, 0.15) is 43.4 Å². The summed E-state index contributed by atoms with van der Waals surface area (Å²) in [4.78, 5) is 26.7. The Morgan fingerprint density at radius 1 is 1.06 bits per heavy atom. The predicted molar refractivity (Wildman–Crippen MR) is 131 cm³/mol. The van der Waals surface area contributed by atoms with Gasteiger partial charge in [-0.25, -0.2) is 0 Å². The topological polar surface area (TPSA) is 78.1 Å². The van der Waals surface area contributed by atoms with E-state index in [-0.39, 0.29) is 17.7 Å². The zero-order valence-electron chi connectivity index (χ0n) is 19.2. The van der Waals surface area contributed by atoms with E-state index >= 15 is 0 Å². The van der Waals surface area contributed by atoms with Gasteiger partial charge in [-0.05, 0) is 49.8 Å². The van der Waals surface area contributed by atoms with Crippen molar-refractivity contribution in [2.45, 2.75) is 44.9 Å². The molecule has 0 radical (unpaired) electrons. The van der Waals surface area contributed by atoms with Crippen LogP contribution in [0.4, 0.5) is 5.69 Å². The summed E-state index contributed by atoms with van der Waals surface area (Å²) in [6.45, 7) is 0.747. The molecule has 1 atom stereocenters. The van der Waals surface area contributed by atoms with Crippen molar-refractivity contribution in [2.24, 2.45) is 5.92 Å². The number of hydrogen-bond acceptors (Lipinski definition) is 3. The molecule has 1 aliphatic heterocycles.